The molecule has 0 spiro atoms. The molecular formula is C28H26F3N3O10S. The highest BCUT2D eigenvalue weighted by Gasteiger charge is 2.36. The number of ether oxygens (including phenoxy) is 2. The highest BCUT2D eigenvalue weighted by Crippen LogP contribution is 2.24. The van der Waals surface area contributed by atoms with E-state index in [1.54, 1.807) is 0 Å². The minimum Gasteiger partial charge on any atom is -0.480 e. The van der Waals surface area contributed by atoms with E-state index in [1.807, 2.05) is 0 Å². The summed E-state index contributed by atoms with van der Waals surface area (Å²) in [6.45, 7) is 1.52. The predicted octanol–water partition coefficient (Wildman–Crippen LogP) is 2.01. The van der Waals surface area contributed by atoms with Crippen molar-refractivity contribution in [3.05, 3.63) is 65.4 Å². The van der Waals surface area contributed by atoms with Crippen molar-refractivity contribution >= 4 is 53.5 Å². The van der Waals surface area contributed by atoms with E-state index in [9.17, 15) is 41.9 Å². The number of hydrogen-bond donors (Lipinski definition) is 4. The highest BCUT2D eigenvalue weighted by atomic mass is 32.2. The van der Waals surface area contributed by atoms with Gasteiger partial charge in [0.1, 0.15) is 23.2 Å². The van der Waals surface area contributed by atoms with Crippen molar-refractivity contribution in [2.24, 2.45) is 5.92 Å². The van der Waals surface area contributed by atoms with Crippen LogP contribution in [0.3, 0.4) is 0 Å². The Morgan fingerprint density at radius 2 is 1.62 bits per heavy atom. The van der Waals surface area contributed by atoms with Crippen LogP contribution in [0.15, 0.2) is 54.2 Å². The van der Waals surface area contributed by atoms with E-state index in [0.717, 1.165) is 19.1 Å². The molecule has 1 fully saturated rings. The molecule has 1 atom stereocenters. The van der Waals surface area contributed by atoms with Crippen LogP contribution < -0.4 is 20.1 Å². The summed E-state index contributed by atoms with van der Waals surface area (Å²) in [5, 5.41) is 22.8. The largest absolute Gasteiger partial charge is 0.573 e. The second kappa shape index (κ2) is 15.1. The topological polar surface area (TPSA) is 189 Å². The van der Waals surface area contributed by atoms with Gasteiger partial charge in [-0.25, -0.2) is 0 Å². The maximum atomic E-state index is 13.3. The van der Waals surface area contributed by atoms with E-state index in [-0.39, 0.29) is 23.7 Å². The quantitative estimate of drug-likeness (QED) is 0.120. The summed E-state index contributed by atoms with van der Waals surface area (Å²) in [5.41, 5.74) is 0.602. The molecule has 0 aliphatic carbocycles. The third-order valence-electron chi connectivity index (χ3n) is 5.93. The second-order valence-electron chi connectivity index (χ2n) is 9.39. The number of benzene rings is 2. The van der Waals surface area contributed by atoms with Gasteiger partial charge in [0.05, 0.1) is 0 Å². The molecule has 3 rings (SSSR count). The number of carboxylic acid groups (broad SMARTS) is 2. The molecule has 0 unspecified atom stereocenters. The molecule has 3 amide bonds. The molecule has 1 saturated heterocycles. The zero-order chi connectivity index (χ0) is 33.3. The minimum atomic E-state index is -4.84. The Labute approximate surface area is 257 Å². The SMILES string of the molecule is CC(=O)NC(=Cc1ccc(OC(=O)C(C(=O)O)C(=O)O)cc1)C(=O)N[C@H]1CSCCN(Cc2ccc(OC(F)(F)F)cc2)C1=O. The standard InChI is InChI=1S/C28H26F3N3O10S/c1-15(35)32-20(12-16-2-6-18(7-3-16)43-27(42)22(25(38)39)26(40)41)23(36)33-21-14-45-11-10-34(24(21)37)13-17-4-8-19(9-5-17)44-28(29,30)31/h2-9,12,21-22H,10-11,13-14H2,1H3,(H,32,35)(H,33,36)(H,38,39)(H,40,41)/t21-/m0/s1. The number of alkyl halides is 3. The highest BCUT2D eigenvalue weighted by molar-refractivity contribution is 7.99. The number of aliphatic carboxylic acids is 2. The van der Waals surface area contributed by atoms with Gasteiger partial charge in [0.15, 0.2) is 0 Å². The van der Waals surface area contributed by atoms with Crippen LogP contribution in [-0.2, 0) is 35.3 Å². The predicted molar refractivity (Wildman–Crippen MR) is 150 cm³/mol. The van der Waals surface area contributed by atoms with Gasteiger partial charge in [0.25, 0.3) is 11.8 Å². The van der Waals surface area contributed by atoms with Crippen LogP contribution in [-0.4, -0.2) is 81.2 Å². The van der Waals surface area contributed by atoms with E-state index in [0.29, 0.717) is 23.4 Å². The van der Waals surface area contributed by atoms with Crippen molar-refractivity contribution in [1.29, 1.82) is 0 Å². The molecule has 45 heavy (non-hydrogen) atoms. The molecule has 0 bridgehead atoms. The van der Waals surface area contributed by atoms with E-state index < -0.39 is 59.7 Å². The van der Waals surface area contributed by atoms with Crippen LogP contribution >= 0.6 is 11.8 Å². The maximum absolute atomic E-state index is 13.3. The number of hydrogen-bond acceptors (Lipinski definition) is 9. The first-order valence-electron chi connectivity index (χ1n) is 12.9. The van der Waals surface area contributed by atoms with Crippen LogP contribution in [0.2, 0.25) is 0 Å². The van der Waals surface area contributed by atoms with Gasteiger partial charge in [0, 0.05) is 31.5 Å². The monoisotopic (exact) mass is 653 g/mol. The van der Waals surface area contributed by atoms with Crippen LogP contribution in [0.25, 0.3) is 6.08 Å². The third kappa shape index (κ3) is 10.6. The second-order valence-corrected chi connectivity index (χ2v) is 10.5. The van der Waals surface area contributed by atoms with Gasteiger partial charge in [0.2, 0.25) is 11.8 Å². The Balaban J connectivity index is 1.71. The lowest BCUT2D eigenvalue weighted by Crippen LogP contribution is -2.50. The van der Waals surface area contributed by atoms with E-state index >= 15 is 0 Å². The van der Waals surface area contributed by atoms with Gasteiger partial charge in [-0.05, 0) is 41.5 Å². The molecule has 2 aromatic carbocycles. The van der Waals surface area contributed by atoms with Gasteiger partial charge in [-0.3, -0.25) is 28.8 Å². The number of thioether (sulfide) groups is 1. The fourth-order valence-corrected chi connectivity index (χ4v) is 4.90. The third-order valence-corrected chi connectivity index (χ3v) is 6.97. The molecule has 0 saturated carbocycles. The number of esters is 1. The van der Waals surface area contributed by atoms with Crippen LogP contribution in [0, 0.1) is 5.92 Å². The zero-order valence-electron chi connectivity index (χ0n) is 23.3. The molecule has 1 aliphatic rings. The smallest absolute Gasteiger partial charge is 0.480 e. The number of rotatable bonds is 11. The molecule has 240 valence electrons. The van der Waals surface area contributed by atoms with Crippen molar-refractivity contribution in [3.8, 4) is 11.5 Å². The first-order chi connectivity index (χ1) is 21.1. The number of amides is 3. The lowest BCUT2D eigenvalue weighted by atomic mass is 10.1. The summed E-state index contributed by atoms with van der Waals surface area (Å²) in [6.07, 6.45) is -3.58. The number of carbonyl (C=O) groups excluding carboxylic acids is 4. The van der Waals surface area contributed by atoms with Gasteiger partial charge in [-0.15, -0.1) is 13.2 Å². The van der Waals surface area contributed by atoms with Crippen LogP contribution in [0.1, 0.15) is 18.1 Å². The maximum Gasteiger partial charge on any atom is 0.573 e. The molecule has 4 N–H and O–H groups in total. The first kappa shape index (κ1) is 34.4. The first-order valence-corrected chi connectivity index (χ1v) is 14.1. The number of nitrogens with one attached hydrogen (secondary N) is 2. The molecule has 0 aromatic heterocycles. The molecule has 17 heteroatoms. The van der Waals surface area contributed by atoms with Crippen molar-refractivity contribution in [2.45, 2.75) is 25.9 Å². The summed E-state index contributed by atoms with van der Waals surface area (Å²) >= 11 is 1.39. The average molecular weight is 654 g/mol. The lowest BCUT2D eigenvalue weighted by Gasteiger charge is -2.25. The van der Waals surface area contributed by atoms with Gasteiger partial charge in [-0.2, -0.15) is 11.8 Å². The zero-order valence-corrected chi connectivity index (χ0v) is 24.1. The number of nitrogens with zero attached hydrogens (tertiary/aromatic N) is 1. The van der Waals surface area contributed by atoms with Crippen LogP contribution in [0.5, 0.6) is 11.5 Å². The fourth-order valence-electron chi connectivity index (χ4n) is 3.92. The Kier molecular flexibility index (Phi) is 11.5. The van der Waals surface area contributed by atoms with Crippen molar-refractivity contribution in [1.82, 2.24) is 15.5 Å². The van der Waals surface area contributed by atoms with E-state index in [1.165, 1.54) is 59.1 Å². The summed E-state index contributed by atoms with van der Waals surface area (Å²) in [7, 11) is 0. The minimum absolute atomic E-state index is 0.0586. The number of carboxylic acids is 2. The Morgan fingerprint density at radius 3 is 2.18 bits per heavy atom. The summed E-state index contributed by atoms with van der Waals surface area (Å²) in [6, 6.07) is 9.12. The molecule has 2 aromatic rings. The average Bonchev–Trinajstić information content (AvgIpc) is 3.09. The van der Waals surface area contributed by atoms with E-state index in [4.69, 9.17) is 14.9 Å². The molecule has 1 heterocycles. The Bertz CT molecular complexity index is 1470. The summed E-state index contributed by atoms with van der Waals surface area (Å²) < 4.78 is 46.0. The fraction of sp³-hybridized carbons (Fsp3) is 0.286. The number of halogens is 3. The summed E-state index contributed by atoms with van der Waals surface area (Å²) in [5.74, 6) is -9.47. The molecular weight excluding hydrogens is 627 g/mol. The Morgan fingerprint density at radius 1 is 1.02 bits per heavy atom. The molecule has 1 aliphatic heterocycles. The number of carbonyl (C=O) groups is 6. The lowest BCUT2D eigenvalue weighted by molar-refractivity contribution is -0.274. The summed E-state index contributed by atoms with van der Waals surface area (Å²) in [4.78, 5) is 73.7. The van der Waals surface area contributed by atoms with Crippen LogP contribution in [0.4, 0.5) is 13.2 Å². The van der Waals surface area contributed by atoms with Crippen molar-refractivity contribution < 1.29 is 61.6 Å². The molecule has 0 radical (unpaired) electrons. The Hall–Kier alpha value is -5.06. The normalized spacial score (nSPS) is 15.6. The van der Waals surface area contributed by atoms with E-state index in [2.05, 4.69) is 15.4 Å². The van der Waals surface area contributed by atoms with Gasteiger partial charge >= 0.3 is 24.3 Å². The van der Waals surface area contributed by atoms with Gasteiger partial charge < -0.3 is 35.2 Å². The van der Waals surface area contributed by atoms with Crippen molar-refractivity contribution in [2.75, 3.05) is 18.1 Å². The van der Waals surface area contributed by atoms with Gasteiger partial charge in [-0.1, -0.05) is 24.3 Å². The molecule has 13 nitrogen and oxygen atoms in total. The van der Waals surface area contributed by atoms with Crippen molar-refractivity contribution in [3.63, 3.8) is 0 Å².